The first-order chi connectivity index (χ1) is 17.3. The van der Waals surface area contributed by atoms with Gasteiger partial charge < -0.3 is 25.6 Å². The molecule has 3 aromatic rings. The van der Waals surface area contributed by atoms with Crippen molar-refractivity contribution in [2.24, 2.45) is 0 Å². The molecule has 2 aromatic carbocycles. The summed E-state index contributed by atoms with van der Waals surface area (Å²) < 4.78 is 11.2. The van der Waals surface area contributed by atoms with Gasteiger partial charge in [0.05, 0.1) is 7.11 Å². The number of aliphatic carboxylic acids is 1. The van der Waals surface area contributed by atoms with E-state index in [0.29, 0.717) is 34.0 Å². The first-order valence-corrected chi connectivity index (χ1v) is 12.5. The fraction of sp³-hybridized carbons (Fsp3) is 0.346. The molecule has 36 heavy (non-hydrogen) atoms. The summed E-state index contributed by atoms with van der Waals surface area (Å²) in [6.07, 6.45) is 2.55. The van der Waals surface area contributed by atoms with Crippen LogP contribution in [0.25, 0.3) is 0 Å². The van der Waals surface area contributed by atoms with Crippen molar-refractivity contribution >= 4 is 39.7 Å². The zero-order chi connectivity index (χ0) is 26.1. The molecule has 1 atom stereocenters. The molecule has 1 aromatic heterocycles. The number of benzene rings is 2. The maximum absolute atomic E-state index is 12.9. The Morgan fingerprint density at radius 1 is 1.17 bits per heavy atom. The lowest BCUT2D eigenvalue weighted by Gasteiger charge is -2.23. The first-order valence-electron chi connectivity index (χ1n) is 11.7. The van der Waals surface area contributed by atoms with Crippen molar-refractivity contribution < 1.29 is 24.2 Å². The molecule has 1 aliphatic rings. The third-order valence-corrected chi connectivity index (χ3v) is 6.54. The minimum Gasteiger partial charge on any atom is -0.497 e. The molecule has 0 spiro atoms. The van der Waals surface area contributed by atoms with Crippen molar-refractivity contribution in [3.63, 3.8) is 0 Å². The van der Waals surface area contributed by atoms with Crippen LogP contribution in [0, 0.1) is 0 Å². The number of nitrogen functional groups attached to an aromatic ring is 1. The third-order valence-electron chi connectivity index (χ3n) is 5.55. The molecule has 0 radical (unpaired) electrons. The minimum absolute atomic E-state index is 0.178. The molecule has 0 unspecified atom stereocenters. The molecule has 0 aliphatic carbocycles. The first kappa shape index (κ1) is 27.0. The molecule has 0 amide bonds. The monoisotopic (exact) mass is 512 g/mol. The third kappa shape index (κ3) is 7.69. The van der Waals surface area contributed by atoms with Gasteiger partial charge in [0.15, 0.2) is 5.13 Å². The summed E-state index contributed by atoms with van der Waals surface area (Å²) in [5, 5.41) is 11.2. The van der Waals surface area contributed by atoms with Gasteiger partial charge in [0, 0.05) is 24.2 Å². The predicted molar refractivity (Wildman–Crippen MR) is 142 cm³/mol. The number of likely N-dealkylation sites (tertiary alicyclic amines) is 1. The summed E-state index contributed by atoms with van der Waals surface area (Å²) in [4.78, 5) is 29.0. The zero-order valence-corrected chi connectivity index (χ0v) is 21.5. The highest BCUT2D eigenvalue weighted by atomic mass is 32.1. The fourth-order valence-corrected chi connectivity index (χ4v) is 4.57. The number of anilines is 3. The Balaban J connectivity index is 0.000000840. The van der Waals surface area contributed by atoms with Crippen molar-refractivity contribution in [2.75, 3.05) is 37.9 Å². The second kappa shape index (κ2) is 12.9. The summed E-state index contributed by atoms with van der Waals surface area (Å²) in [7, 11) is 1.57. The summed E-state index contributed by atoms with van der Waals surface area (Å²) in [6, 6.07) is 15.1. The van der Waals surface area contributed by atoms with Crippen LogP contribution in [0.2, 0.25) is 0 Å². The predicted octanol–water partition coefficient (Wildman–Crippen LogP) is 4.66. The van der Waals surface area contributed by atoms with Gasteiger partial charge >= 0.3 is 0 Å². The van der Waals surface area contributed by atoms with Crippen molar-refractivity contribution in [1.29, 1.82) is 0 Å². The Bertz CT molecular complexity index is 1160. The van der Waals surface area contributed by atoms with E-state index in [-0.39, 0.29) is 11.6 Å². The number of hydrogen-bond acceptors (Lipinski definition) is 9. The molecule has 1 fully saturated rings. The van der Waals surface area contributed by atoms with Gasteiger partial charge in [-0.05, 0) is 69.3 Å². The number of thiazole rings is 1. The lowest BCUT2D eigenvalue weighted by atomic mass is 10.1. The number of nitrogens with one attached hydrogen (secondary N) is 1. The number of nitrogens with two attached hydrogens (primary N) is 1. The molecule has 1 saturated heterocycles. The van der Waals surface area contributed by atoms with Gasteiger partial charge in [-0.3, -0.25) is 14.5 Å². The van der Waals surface area contributed by atoms with Gasteiger partial charge in [0.2, 0.25) is 5.78 Å². The molecule has 1 aliphatic heterocycles. The number of aromatic nitrogens is 1. The Kier molecular flexibility index (Phi) is 9.66. The number of carboxylic acids is 1. The molecule has 2 heterocycles. The van der Waals surface area contributed by atoms with E-state index in [4.69, 9.17) is 25.1 Å². The van der Waals surface area contributed by atoms with Crippen molar-refractivity contribution in [3.05, 3.63) is 59.0 Å². The van der Waals surface area contributed by atoms with E-state index in [1.807, 2.05) is 24.3 Å². The Morgan fingerprint density at radius 3 is 2.47 bits per heavy atom. The van der Waals surface area contributed by atoms with Gasteiger partial charge in [-0.25, -0.2) is 4.98 Å². The van der Waals surface area contributed by atoms with Crippen molar-refractivity contribution in [2.45, 2.75) is 32.7 Å². The summed E-state index contributed by atoms with van der Waals surface area (Å²) in [5.41, 5.74) is 7.39. The minimum atomic E-state index is -0.833. The second-order valence-corrected chi connectivity index (χ2v) is 9.37. The SMILES string of the molecule is CC(=O)O.COc1cccc(C(=O)c2sc(Nc3ccc(OC[C@@H](C)N4CCCC4)cc3)nc2N)c1. The average molecular weight is 513 g/mol. The van der Waals surface area contributed by atoms with E-state index < -0.39 is 5.97 Å². The smallest absolute Gasteiger partial charge is 0.300 e. The van der Waals surface area contributed by atoms with Crippen LogP contribution in [0.1, 0.15) is 41.9 Å². The zero-order valence-electron chi connectivity index (χ0n) is 20.7. The number of carbonyl (C=O) groups excluding carboxylic acids is 1. The highest BCUT2D eigenvalue weighted by Gasteiger charge is 2.19. The molecule has 192 valence electrons. The number of hydrogen-bond donors (Lipinski definition) is 3. The topological polar surface area (TPSA) is 127 Å². The summed E-state index contributed by atoms with van der Waals surface area (Å²) in [6.45, 7) is 6.28. The Labute approximate surface area is 214 Å². The quantitative estimate of drug-likeness (QED) is 0.351. The number of ether oxygens (including phenoxy) is 2. The normalized spacial score (nSPS) is 13.9. The number of rotatable bonds is 9. The number of ketones is 1. The van der Waals surface area contributed by atoms with Crippen LogP contribution in [0.4, 0.5) is 16.6 Å². The van der Waals surface area contributed by atoms with Crippen LogP contribution in [0.5, 0.6) is 11.5 Å². The van der Waals surface area contributed by atoms with Gasteiger partial charge in [0.1, 0.15) is 28.8 Å². The molecule has 0 saturated carbocycles. The summed E-state index contributed by atoms with van der Waals surface area (Å²) in [5.74, 6) is 0.646. The Morgan fingerprint density at radius 2 is 1.83 bits per heavy atom. The molecule has 0 bridgehead atoms. The van der Waals surface area contributed by atoms with Crippen LogP contribution < -0.4 is 20.5 Å². The number of carbonyl (C=O) groups is 2. The van der Waals surface area contributed by atoms with Crippen LogP contribution >= 0.6 is 11.3 Å². The van der Waals surface area contributed by atoms with Gasteiger partial charge in [-0.15, -0.1) is 0 Å². The molecule has 9 nitrogen and oxygen atoms in total. The fourth-order valence-electron chi connectivity index (χ4n) is 3.71. The lowest BCUT2D eigenvalue weighted by Crippen LogP contribution is -2.34. The highest BCUT2D eigenvalue weighted by molar-refractivity contribution is 7.18. The van der Waals surface area contributed by atoms with Crippen molar-refractivity contribution in [3.8, 4) is 11.5 Å². The van der Waals surface area contributed by atoms with E-state index in [1.54, 1.807) is 31.4 Å². The van der Waals surface area contributed by atoms with Crippen LogP contribution in [-0.4, -0.2) is 59.6 Å². The van der Waals surface area contributed by atoms with E-state index in [9.17, 15) is 4.79 Å². The summed E-state index contributed by atoms with van der Waals surface area (Å²) >= 11 is 1.23. The standard InChI is InChI=1S/C24H28N4O3S.C2H4O2/c1-16(28-12-3-4-13-28)15-31-19-10-8-18(9-11-19)26-24-27-23(25)22(32-24)21(29)17-6-5-7-20(14-17)30-2;1-2(3)4/h5-11,14,16H,3-4,12-13,15,25H2,1-2H3,(H,26,27);1H3,(H,3,4)/t16-;/m1./s1. The number of nitrogens with zero attached hydrogens (tertiary/aromatic N) is 2. The maximum Gasteiger partial charge on any atom is 0.300 e. The highest BCUT2D eigenvalue weighted by Crippen LogP contribution is 2.31. The van der Waals surface area contributed by atoms with E-state index in [1.165, 1.54) is 24.2 Å². The molecule has 10 heteroatoms. The van der Waals surface area contributed by atoms with Crippen LogP contribution in [0.3, 0.4) is 0 Å². The van der Waals surface area contributed by atoms with Crippen molar-refractivity contribution in [1.82, 2.24) is 9.88 Å². The van der Waals surface area contributed by atoms with E-state index in [0.717, 1.165) is 31.5 Å². The molecular weight excluding hydrogens is 480 g/mol. The molecular formula is C26H32N4O5S. The second-order valence-electron chi connectivity index (χ2n) is 8.37. The largest absolute Gasteiger partial charge is 0.497 e. The van der Waals surface area contributed by atoms with Crippen LogP contribution in [0.15, 0.2) is 48.5 Å². The number of carboxylic acid groups (broad SMARTS) is 1. The van der Waals surface area contributed by atoms with E-state index in [2.05, 4.69) is 22.1 Å². The van der Waals surface area contributed by atoms with Gasteiger partial charge in [-0.2, -0.15) is 0 Å². The molecule has 4 N–H and O–H groups in total. The number of methoxy groups -OCH3 is 1. The maximum atomic E-state index is 12.9. The van der Waals surface area contributed by atoms with Gasteiger partial charge in [0.25, 0.3) is 5.97 Å². The van der Waals surface area contributed by atoms with Gasteiger partial charge in [-0.1, -0.05) is 23.5 Å². The van der Waals surface area contributed by atoms with Crippen LogP contribution in [-0.2, 0) is 4.79 Å². The molecule has 4 rings (SSSR count). The van der Waals surface area contributed by atoms with E-state index >= 15 is 0 Å². The Hall–Kier alpha value is -3.63. The average Bonchev–Trinajstić information content (AvgIpc) is 3.53. The lowest BCUT2D eigenvalue weighted by molar-refractivity contribution is -0.134.